The molecule has 4 rings (SSSR count). The minimum absolute atomic E-state index is 0.0457. The Morgan fingerprint density at radius 1 is 0.938 bits per heavy atom. The first kappa shape index (κ1) is 22.4. The normalized spacial score (nSPS) is 18.5. The van der Waals surface area contributed by atoms with E-state index in [9.17, 15) is 9.59 Å². The largest absolute Gasteiger partial charge is 0.300 e. The summed E-state index contributed by atoms with van der Waals surface area (Å²) in [6.07, 6.45) is 5.81. The van der Waals surface area contributed by atoms with Crippen molar-refractivity contribution in [3.05, 3.63) is 40.1 Å². The summed E-state index contributed by atoms with van der Waals surface area (Å²) in [5.41, 5.74) is 0.719. The highest BCUT2D eigenvalue weighted by Gasteiger charge is 2.28. The van der Waals surface area contributed by atoms with Gasteiger partial charge in [-0.15, -0.1) is 20.4 Å². The fourth-order valence-corrected chi connectivity index (χ4v) is 5.41. The summed E-state index contributed by atoms with van der Waals surface area (Å²) in [6, 6.07) is 5.50. The Kier molecular flexibility index (Phi) is 7.15. The van der Waals surface area contributed by atoms with Gasteiger partial charge in [0.25, 0.3) is 0 Å². The van der Waals surface area contributed by atoms with Crippen LogP contribution in [0.1, 0.15) is 67.1 Å². The van der Waals surface area contributed by atoms with Crippen molar-refractivity contribution in [1.82, 2.24) is 25.4 Å². The topological polar surface area (TPSA) is 123 Å². The maximum atomic E-state index is 12.2. The molecule has 3 heterocycles. The number of hydrogen-bond acceptors (Lipinski definition) is 9. The number of nitrogens with one attached hydrogen (secondary N) is 2. The number of hydrogen-bond donors (Lipinski definition) is 2. The second kappa shape index (κ2) is 10.2. The maximum absolute atomic E-state index is 12.2. The van der Waals surface area contributed by atoms with E-state index in [-0.39, 0.29) is 24.2 Å². The zero-order valence-corrected chi connectivity index (χ0v) is 19.6. The summed E-state index contributed by atoms with van der Waals surface area (Å²) in [5.74, 6) is 0.397. The zero-order chi connectivity index (χ0) is 22.5. The third kappa shape index (κ3) is 5.71. The molecular formula is C21H25N7O2S2. The van der Waals surface area contributed by atoms with Crippen molar-refractivity contribution in [2.75, 3.05) is 10.6 Å². The van der Waals surface area contributed by atoms with Crippen LogP contribution >= 0.6 is 22.7 Å². The molecule has 1 fully saturated rings. The third-order valence-electron chi connectivity index (χ3n) is 5.38. The molecule has 2 N–H and O–H groups in total. The van der Waals surface area contributed by atoms with Gasteiger partial charge in [0.1, 0.15) is 10.0 Å². The molecule has 3 aromatic rings. The highest BCUT2D eigenvalue weighted by molar-refractivity contribution is 7.15. The van der Waals surface area contributed by atoms with E-state index < -0.39 is 0 Å². The summed E-state index contributed by atoms with van der Waals surface area (Å²) in [4.78, 5) is 28.2. The number of amides is 2. The average molecular weight is 472 g/mol. The van der Waals surface area contributed by atoms with Crippen molar-refractivity contribution in [3.63, 3.8) is 0 Å². The quantitative estimate of drug-likeness (QED) is 0.534. The number of nitrogens with zero attached hydrogens (tertiary/aromatic N) is 5. The van der Waals surface area contributed by atoms with Crippen LogP contribution in [-0.4, -0.2) is 37.2 Å². The van der Waals surface area contributed by atoms with Gasteiger partial charge in [0.05, 0.1) is 6.42 Å². The molecule has 3 aromatic heterocycles. The van der Waals surface area contributed by atoms with Gasteiger partial charge in [0, 0.05) is 29.6 Å². The number of pyridine rings is 1. The van der Waals surface area contributed by atoms with Gasteiger partial charge in [-0.3, -0.25) is 14.6 Å². The van der Waals surface area contributed by atoms with Gasteiger partial charge in [-0.1, -0.05) is 42.6 Å². The van der Waals surface area contributed by atoms with Crippen molar-refractivity contribution in [1.29, 1.82) is 0 Å². The first-order chi connectivity index (χ1) is 15.5. The number of aromatic nitrogens is 5. The molecule has 32 heavy (non-hydrogen) atoms. The van der Waals surface area contributed by atoms with E-state index in [1.165, 1.54) is 22.7 Å². The fourth-order valence-electron chi connectivity index (χ4n) is 3.57. The summed E-state index contributed by atoms with van der Waals surface area (Å²) in [6.45, 7) is 3.70. The van der Waals surface area contributed by atoms with Crippen LogP contribution in [0.5, 0.6) is 0 Å². The average Bonchev–Trinajstić information content (AvgIpc) is 3.44. The highest BCUT2D eigenvalue weighted by Crippen LogP contribution is 2.42. The van der Waals surface area contributed by atoms with Gasteiger partial charge in [0.2, 0.25) is 22.1 Å². The lowest BCUT2D eigenvalue weighted by atomic mass is 9.83. The molecule has 0 atom stereocenters. The molecule has 11 heteroatoms. The lowest BCUT2D eigenvalue weighted by Crippen LogP contribution is -2.17. The van der Waals surface area contributed by atoms with E-state index in [0.29, 0.717) is 22.1 Å². The van der Waals surface area contributed by atoms with Gasteiger partial charge < -0.3 is 10.6 Å². The Balaban J connectivity index is 1.28. The molecule has 1 aliphatic rings. The van der Waals surface area contributed by atoms with Crippen molar-refractivity contribution < 1.29 is 9.59 Å². The number of carbonyl (C=O) groups excluding carboxylic acids is 2. The Labute approximate surface area is 194 Å². The van der Waals surface area contributed by atoms with Crippen molar-refractivity contribution in [2.45, 2.75) is 57.8 Å². The minimum Gasteiger partial charge on any atom is -0.300 e. The minimum atomic E-state index is -0.147. The van der Waals surface area contributed by atoms with Gasteiger partial charge in [-0.05, 0) is 37.8 Å². The van der Waals surface area contributed by atoms with Crippen LogP contribution in [0, 0.1) is 5.92 Å². The van der Waals surface area contributed by atoms with Crippen molar-refractivity contribution >= 4 is 44.8 Å². The second-order valence-electron chi connectivity index (χ2n) is 8.13. The fraction of sp³-hybridized carbons (Fsp3) is 0.476. The third-order valence-corrected chi connectivity index (χ3v) is 7.38. The van der Waals surface area contributed by atoms with Crippen LogP contribution in [0.15, 0.2) is 24.4 Å². The Morgan fingerprint density at radius 3 is 2.06 bits per heavy atom. The van der Waals surface area contributed by atoms with Gasteiger partial charge in [0.15, 0.2) is 0 Å². The number of rotatable bonds is 7. The monoisotopic (exact) mass is 471 g/mol. The van der Waals surface area contributed by atoms with Gasteiger partial charge >= 0.3 is 0 Å². The Morgan fingerprint density at radius 2 is 1.53 bits per heavy atom. The van der Waals surface area contributed by atoms with Crippen LogP contribution in [0.25, 0.3) is 0 Å². The van der Waals surface area contributed by atoms with E-state index in [1.807, 2.05) is 32.0 Å². The number of anilines is 2. The van der Waals surface area contributed by atoms with Crippen LogP contribution in [0.2, 0.25) is 0 Å². The van der Waals surface area contributed by atoms with Crippen LogP contribution < -0.4 is 10.6 Å². The van der Waals surface area contributed by atoms with E-state index in [2.05, 4.69) is 36.0 Å². The van der Waals surface area contributed by atoms with Gasteiger partial charge in [-0.2, -0.15) is 0 Å². The lowest BCUT2D eigenvalue weighted by Gasteiger charge is -2.25. The van der Waals surface area contributed by atoms with Crippen molar-refractivity contribution in [2.24, 2.45) is 5.92 Å². The summed E-state index contributed by atoms with van der Waals surface area (Å²) in [5, 5.41) is 25.6. The standard InChI is InChI=1S/C21H25N7O2S2/c1-12(2)17(30)24-21-28-26-19(32-21)14-8-6-13(7-9-14)18-25-27-20(31-18)23-16(29)11-15-5-3-4-10-22-15/h3-5,10,12-14H,6-9,11H2,1-2H3,(H,23,27,29)(H,24,28,30). The van der Waals surface area contributed by atoms with E-state index in [0.717, 1.165) is 41.4 Å². The maximum Gasteiger partial charge on any atom is 0.232 e. The molecule has 0 spiro atoms. The van der Waals surface area contributed by atoms with E-state index in [4.69, 9.17) is 0 Å². The molecule has 0 aliphatic heterocycles. The van der Waals surface area contributed by atoms with E-state index >= 15 is 0 Å². The predicted octanol–water partition coefficient (Wildman–Crippen LogP) is 4.00. The summed E-state index contributed by atoms with van der Waals surface area (Å²) < 4.78 is 0. The molecule has 0 aromatic carbocycles. The molecule has 0 bridgehead atoms. The molecule has 168 valence electrons. The lowest BCUT2D eigenvalue weighted by molar-refractivity contribution is -0.119. The van der Waals surface area contributed by atoms with Crippen LogP contribution in [0.3, 0.4) is 0 Å². The Bertz CT molecular complexity index is 1060. The molecule has 0 radical (unpaired) electrons. The zero-order valence-electron chi connectivity index (χ0n) is 17.9. The summed E-state index contributed by atoms with van der Waals surface area (Å²) in [7, 11) is 0. The predicted molar refractivity (Wildman–Crippen MR) is 124 cm³/mol. The van der Waals surface area contributed by atoms with Crippen LogP contribution in [0.4, 0.5) is 10.3 Å². The highest BCUT2D eigenvalue weighted by atomic mass is 32.1. The molecule has 9 nitrogen and oxygen atoms in total. The number of carbonyl (C=O) groups is 2. The smallest absolute Gasteiger partial charge is 0.232 e. The summed E-state index contributed by atoms with van der Waals surface area (Å²) >= 11 is 2.90. The first-order valence-corrected chi connectivity index (χ1v) is 12.3. The van der Waals surface area contributed by atoms with Crippen molar-refractivity contribution in [3.8, 4) is 0 Å². The first-order valence-electron chi connectivity index (χ1n) is 10.7. The molecule has 1 saturated carbocycles. The van der Waals surface area contributed by atoms with Crippen LogP contribution in [-0.2, 0) is 16.0 Å². The SMILES string of the molecule is CC(C)C(=O)Nc1nnc(C2CCC(c3nnc(NC(=O)Cc4ccccn4)s3)CC2)s1. The molecule has 2 amide bonds. The van der Waals surface area contributed by atoms with E-state index in [1.54, 1.807) is 6.20 Å². The van der Waals surface area contributed by atoms with Gasteiger partial charge in [-0.25, -0.2) is 0 Å². The molecule has 1 aliphatic carbocycles. The second-order valence-corrected chi connectivity index (χ2v) is 10.1. The molecular weight excluding hydrogens is 446 g/mol. The Hall–Kier alpha value is -2.79. The molecule has 0 saturated heterocycles. The molecule has 0 unspecified atom stereocenters.